The number of ketones is 2. The average molecular weight is 700 g/mol. The number of nitrogens with one attached hydrogen (secondary N) is 1. The van der Waals surface area contributed by atoms with Crippen LogP contribution >= 0.6 is 62.3 Å². The van der Waals surface area contributed by atoms with Crippen LogP contribution in [0.4, 0.5) is 23.2 Å². The zero-order valence-electron chi connectivity index (χ0n) is 19.9. The van der Waals surface area contributed by atoms with E-state index in [0.29, 0.717) is 15.1 Å². The fourth-order valence-electron chi connectivity index (χ4n) is 4.32. The van der Waals surface area contributed by atoms with Crippen LogP contribution in [0.3, 0.4) is 0 Å². The Morgan fingerprint density at radius 2 is 1.68 bits per heavy atom. The highest BCUT2D eigenvalue weighted by Gasteiger charge is 2.67. The van der Waals surface area contributed by atoms with E-state index in [4.69, 9.17) is 46.4 Å². The van der Waals surface area contributed by atoms with Gasteiger partial charge in [0, 0.05) is 45.1 Å². The monoisotopic (exact) mass is 697 g/mol. The second-order valence-electron chi connectivity index (χ2n) is 9.06. The first-order chi connectivity index (χ1) is 18.7. The number of rotatable bonds is 9. The Hall–Kier alpha value is -2.17. The lowest BCUT2D eigenvalue weighted by molar-refractivity contribution is -0.128. The van der Waals surface area contributed by atoms with Gasteiger partial charge in [0.05, 0.1) is 10.9 Å². The predicted octanol–water partition coefficient (Wildman–Crippen LogP) is 8.36. The Labute approximate surface area is 254 Å². The van der Waals surface area contributed by atoms with Gasteiger partial charge < -0.3 is 5.32 Å². The summed E-state index contributed by atoms with van der Waals surface area (Å²) in [5.41, 5.74) is -0.465. The van der Waals surface area contributed by atoms with Crippen LogP contribution in [0.5, 0.6) is 0 Å². The average Bonchev–Trinajstić information content (AvgIpc) is 3.45. The normalized spacial score (nSPS) is 17.6. The maximum Gasteiger partial charge on any atom is 0.296 e. The molecule has 2 atom stereocenters. The zero-order valence-corrected chi connectivity index (χ0v) is 24.5. The first-order valence-electron chi connectivity index (χ1n) is 11.4. The molecule has 0 saturated heterocycles. The minimum atomic E-state index is -3.40. The minimum Gasteiger partial charge on any atom is -0.326 e. The highest BCUT2D eigenvalue weighted by molar-refractivity contribution is 9.10. The van der Waals surface area contributed by atoms with Crippen molar-refractivity contribution in [3.8, 4) is 0 Å². The number of anilines is 1. The number of hydrogen-bond donors (Lipinski definition) is 1. The molecule has 0 radical (unpaired) electrons. The van der Waals surface area contributed by atoms with Crippen LogP contribution in [0, 0.1) is 17.6 Å². The van der Waals surface area contributed by atoms with Gasteiger partial charge in [-0.2, -0.15) is 0 Å². The molecule has 0 aliphatic heterocycles. The summed E-state index contributed by atoms with van der Waals surface area (Å²) in [6, 6.07) is 10.8. The fourth-order valence-corrected chi connectivity index (χ4v) is 6.26. The summed E-state index contributed by atoms with van der Waals surface area (Å²) in [5, 5.41) is 3.04. The standard InChI is InChI=1S/C27H16BrCl4F4NO3/c28-13-5-12(6-14(29)8-13)22-23(27(22,31)32)26(40)37-15-2-3-18(30)16(9-15)20(38)7-11-1-4-19(33)17(24(11)34)10-21(39)25(35)36/h1-6,8-9,22-23,25H,7,10H2,(H,37,40). The maximum absolute atomic E-state index is 14.9. The van der Waals surface area contributed by atoms with Gasteiger partial charge >= 0.3 is 0 Å². The Morgan fingerprint density at radius 3 is 2.33 bits per heavy atom. The molecule has 0 spiro atoms. The smallest absolute Gasteiger partial charge is 0.296 e. The molecular weight excluding hydrogens is 684 g/mol. The van der Waals surface area contributed by atoms with Crippen molar-refractivity contribution in [2.75, 3.05) is 5.32 Å². The maximum atomic E-state index is 14.9. The molecule has 1 amide bonds. The third-order valence-corrected chi connectivity index (χ3v) is 8.27. The van der Waals surface area contributed by atoms with Crippen molar-refractivity contribution in [1.82, 2.24) is 0 Å². The van der Waals surface area contributed by atoms with Gasteiger partial charge in [-0.1, -0.05) is 45.2 Å². The van der Waals surface area contributed by atoms with Crippen molar-refractivity contribution in [2.24, 2.45) is 5.92 Å². The summed E-state index contributed by atoms with van der Waals surface area (Å²) < 4.78 is 53.4. The van der Waals surface area contributed by atoms with E-state index in [1.165, 1.54) is 18.2 Å². The molecule has 4 rings (SSSR count). The molecule has 0 bridgehead atoms. The van der Waals surface area contributed by atoms with E-state index >= 15 is 0 Å². The van der Waals surface area contributed by atoms with Crippen LogP contribution in [0.2, 0.25) is 10.0 Å². The second kappa shape index (κ2) is 12.0. The first-order valence-corrected chi connectivity index (χ1v) is 13.7. The second-order valence-corrected chi connectivity index (χ2v) is 12.3. The van der Waals surface area contributed by atoms with E-state index in [1.807, 2.05) is 0 Å². The number of amides is 1. The molecule has 40 heavy (non-hydrogen) atoms. The summed E-state index contributed by atoms with van der Waals surface area (Å²) in [4.78, 5) is 37.4. The van der Waals surface area contributed by atoms with E-state index in [2.05, 4.69) is 21.2 Å². The summed E-state index contributed by atoms with van der Waals surface area (Å²) in [6.07, 6.45) is -5.20. The molecule has 4 nitrogen and oxygen atoms in total. The molecule has 3 aromatic rings. The molecule has 1 fully saturated rings. The van der Waals surface area contributed by atoms with Crippen molar-refractivity contribution < 1.29 is 31.9 Å². The van der Waals surface area contributed by atoms with Gasteiger partial charge in [-0.25, -0.2) is 17.6 Å². The van der Waals surface area contributed by atoms with Gasteiger partial charge in [-0.3, -0.25) is 14.4 Å². The topological polar surface area (TPSA) is 63.2 Å². The van der Waals surface area contributed by atoms with Crippen LogP contribution in [0.1, 0.15) is 33.0 Å². The quantitative estimate of drug-likeness (QED) is 0.139. The lowest BCUT2D eigenvalue weighted by Crippen LogP contribution is -2.18. The number of benzene rings is 3. The van der Waals surface area contributed by atoms with E-state index in [0.717, 1.165) is 12.1 Å². The van der Waals surface area contributed by atoms with Crippen LogP contribution in [-0.4, -0.2) is 28.2 Å². The molecule has 1 N–H and O–H groups in total. The van der Waals surface area contributed by atoms with Crippen LogP contribution in [0.15, 0.2) is 53.0 Å². The fraction of sp³-hybridized carbons (Fsp3) is 0.222. The van der Waals surface area contributed by atoms with Gasteiger partial charge in [0.15, 0.2) is 5.78 Å². The number of carbonyl (C=O) groups excluding carboxylic acids is 3. The van der Waals surface area contributed by atoms with Gasteiger partial charge in [0.25, 0.3) is 6.43 Å². The van der Waals surface area contributed by atoms with Crippen LogP contribution < -0.4 is 5.32 Å². The van der Waals surface area contributed by atoms with E-state index in [-0.39, 0.29) is 21.8 Å². The van der Waals surface area contributed by atoms with Crippen LogP contribution in [-0.2, 0) is 22.4 Å². The molecule has 0 heterocycles. The molecular formula is C27H16BrCl4F4NO3. The summed E-state index contributed by atoms with van der Waals surface area (Å²) in [5.74, 6) is -6.80. The lowest BCUT2D eigenvalue weighted by atomic mass is 9.98. The Balaban J connectivity index is 1.52. The van der Waals surface area contributed by atoms with E-state index in [9.17, 15) is 31.9 Å². The molecule has 210 valence electrons. The van der Waals surface area contributed by atoms with Crippen molar-refractivity contribution in [3.05, 3.63) is 96.9 Å². The van der Waals surface area contributed by atoms with Crippen molar-refractivity contribution in [2.45, 2.75) is 29.5 Å². The lowest BCUT2D eigenvalue weighted by Gasteiger charge is -2.11. The third-order valence-electron chi connectivity index (χ3n) is 6.33. The van der Waals surface area contributed by atoms with Crippen LogP contribution in [0.25, 0.3) is 0 Å². The predicted molar refractivity (Wildman–Crippen MR) is 149 cm³/mol. The van der Waals surface area contributed by atoms with Gasteiger partial charge in [0.1, 0.15) is 16.0 Å². The summed E-state index contributed by atoms with van der Waals surface area (Å²) >= 11 is 28.4. The molecule has 1 aliphatic carbocycles. The van der Waals surface area contributed by atoms with E-state index < -0.39 is 70.1 Å². The largest absolute Gasteiger partial charge is 0.326 e. The van der Waals surface area contributed by atoms with E-state index in [1.54, 1.807) is 18.2 Å². The number of alkyl halides is 4. The Bertz CT molecular complexity index is 1520. The number of Topliss-reactive ketones (excluding diaryl/α,β-unsaturated/α-hetero) is 2. The first kappa shape index (κ1) is 30.8. The number of carbonyl (C=O) groups is 3. The van der Waals surface area contributed by atoms with Gasteiger partial charge in [-0.15, -0.1) is 23.2 Å². The molecule has 1 saturated carbocycles. The van der Waals surface area contributed by atoms with Crippen molar-refractivity contribution in [3.63, 3.8) is 0 Å². The minimum absolute atomic E-state index is 0.0178. The molecule has 13 heteroatoms. The summed E-state index contributed by atoms with van der Waals surface area (Å²) in [7, 11) is 0. The third kappa shape index (κ3) is 6.49. The van der Waals surface area contributed by atoms with Crippen molar-refractivity contribution in [1.29, 1.82) is 0 Å². The molecule has 1 aliphatic rings. The molecule has 2 unspecified atom stereocenters. The SMILES string of the molecule is O=C(Cc1ccc(F)c(CC(=O)C(F)F)c1F)c1cc(NC(=O)C2C(c3cc(Cl)cc(Br)c3)C2(Cl)Cl)ccc1Cl. The number of hydrogen-bond acceptors (Lipinski definition) is 3. The highest BCUT2D eigenvalue weighted by Crippen LogP contribution is 2.65. The summed E-state index contributed by atoms with van der Waals surface area (Å²) in [6.45, 7) is 0. The Kier molecular flexibility index (Phi) is 9.22. The van der Waals surface area contributed by atoms with Gasteiger partial charge in [-0.05, 0) is 53.6 Å². The molecule has 3 aromatic carbocycles. The van der Waals surface area contributed by atoms with Crippen molar-refractivity contribution >= 4 is 85.5 Å². The highest BCUT2D eigenvalue weighted by atomic mass is 79.9. The zero-order chi connectivity index (χ0) is 29.5. The van der Waals surface area contributed by atoms with Gasteiger partial charge in [0.2, 0.25) is 11.7 Å². The Morgan fingerprint density at radius 1 is 0.975 bits per heavy atom. The molecule has 0 aromatic heterocycles. The number of halogens is 9.